The summed E-state index contributed by atoms with van der Waals surface area (Å²) in [5, 5.41) is 0.671. The Bertz CT molecular complexity index is 922. The quantitative estimate of drug-likeness (QED) is 0.570. The maximum absolute atomic E-state index is 12.5. The second-order valence-electron chi connectivity index (χ2n) is 5.95. The molecule has 5 heteroatoms. The average molecular weight is 376 g/mol. The monoisotopic (exact) mass is 376 g/mol. The molecule has 27 heavy (non-hydrogen) atoms. The van der Waals surface area contributed by atoms with Gasteiger partial charge in [0.2, 0.25) is 0 Å². The van der Waals surface area contributed by atoms with Gasteiger partial charge in [-0.15, -0.1) is 6.42 Å². The van der Waals surface area contributed by atoms with Gasteiger partial charge in [0, 0.05) is 7.05 Å². The lowest BCUT2D eigenvalue weighted by atomic mass is 10.2. The number of terminal acetylenes is 1. The number of carbonyl (C=O) groups is 1. The highest BCUT2D eigenvalue weighted by Crippen LogP contribution is 2.33. The topological polar surface area (TPSA) is 41.9 Å². The molecule has 0 aliphatic carbocycles. The summed E-state index contributed by atoms with van der Waals surface area (Å²) >= 11 is 1.37. The third kappa shape index (κ3) is 4.60. The second-order valence-corrected chi connectivity index (χ2v) is 6.96. The van der Waals surface area contributed by atoms with E-state index in [0.29, 0.717) is 15.8 Å². The Morgan fingerprint density at radius 2 is 1.89 bits per heavy atom. The fourth-order valence-corrected chi connectivity index (χ4v) is 3.49. The SMILES string of the molecule is C#CCOc1ccc(/C=C2/SC(=Nc3ccc(CC)cc3)N(C)C2=O)cc1. The highest BCUT2D eigenvalue weighted by molar-refractivity contribution is 8.18. The molecular formula is C22H20N2O2S. The summed E-state index contributed by atoms with van der Waals surface area (Å²) in [6.45, 7) is 2.35. The van der Waals surface area contributed by atoms with Crippen molar-refractivity contribution < 1.29 is 9.53 Å². The Hall–Kier alpha value is -2.97. The van der Waals surface area contributed by atoms with Gasteiger partial charge in [0.25, 0.3) is 5.91 Å². The smallest absolute Gasteiger partial charge is 0.266 e. The van der Waals surface area contributed by atoms with Crippen LogP contribution in [0.1, 0.15) is 18.1 Å². The molecule has 3 rings (SSSR count). The van der Waals surface area contributed by atoms with Crippen molar-refractivity contribution in [2.24, 2.45) is 4.99 Å². The van der Waals surface area contributed by atoms with E-state index in [1.54, 1.807) is 11.9 Å². The van der Waals surface area contributed by atoms with E-state index in [0.717, 1.165) is 17.7 Å². The standard InChI is InChI=1S/C22H20N2O2S/c1-4-14-26-19-12-8-17(9-13-19)15-20-21(25)24(3)22(27-20)23-18-10-6-16(5-2)7-11-18/h1,6-13,15H,5,14H2,2-3H3/b20-15+,23-22?. The van der Waals surface area contributed by atoms with Crippen LogP contribution >= 0.6 is 11.8 Å². The zero-order valence-corrected chi connectivity index (χ0v) is 16.1. The van der Waals surface area contributed by atoms with Crippen LogP contribution in [0.3, 0.4) is 0 Å². The highest BCUT2D eigenvalue weighted by atomic mass is 32.2. The van der Waals surface area contributed by atoms with Crippen molar-refractivity contribution in [3.8, 4) is 18.1 Å². The van der Waals surface area contributed by atoms with Crippen LogP contribution < -0.4 is 4.74 Å². The van der Waals surface area contributed by atoms with Gasteiger partial charge in [0.1, 0.15) is 12.4 Å². The van der Waals surface area contributed by atoms with Gasteiger partial charge in [-0.25, -0.2) is 4.99 Å². The average Bonchev–Trinajstić information content (AvgIpc) is 2.96. The number of hydrogen-bond donors (Lipinski definition) is 0. The molecule has 0 spiro atoms. The predicted octanol–water partition coefficient (Wildman–Crippen LogP) is 4.49. The summed E-state index contributed by atoms with van der Waals surface area (Å²) in [4.78, 5) is 19.4. The van der Waals surface area contributed by atoms with Crippen LogP contribution in [0, 0.1) is 12.3 Å². The minimum absolute atomic E-state index is 0.0587. The number of rotatable bonds is 5. The number of thioether (sulfide) groups is 1. The Morgan fingerprint density at radius 3 is 2.52 bits per heavy atom. The first-order valence-electron chi connectivity index (χ1n) is 8.62. The van der Waals surface area contributed by atoms with Crippen molar-refractivity contribution >= 4 is 34.6 Å². The zero-order chi connectivity index (χ0) is 19.2. The number of aryl methyl sites for hydroxylation is 1. The molecule has 1 heterocycles. The molecule has 0 radical (unpaired) electrons. The van der Waals surface area contributed by atoms with Crippen LogP contribution in [0.5, 0.6) is 5.75 Å². The maximum Gasteiger partial charge on any atom is 0.266 e. The van der Waals surface area contributed by atoms with E-state index in [9.17, 15) is 4.79 Å². The molecule has 0 N–H and O–H groups in total. The van der Waals surface area contributed by atoms with Crippen LogP contribution in [-0.4, -0.2) is 29.6 Å². The lowest BCUT2D eigenvalue weighted by Crippen LogP contribution is -2.23. The lowest BCUT2D eigenvalue weighted by Gasteiger charge is -2.07. The number of nitrogens with zero attached hydrogens (tertiary/aromatic N) is 2. The molecule has 1 aliphatic rings. The molecule has 2 aromatic carbocycles. The molecule has 1 saturated heterocycles. The molecule has 0 unspecified atom stereocenters. The van der Waals surface area contributed by atoms with Crippen LogP contribution in [0.25, 0.3) is 6.08 Å². The number of ether oxygens (including phenoxy) is 1. The molecule has 0 saturated carbocycles. The minimum Gasteiger partial charge on any atom is -0.481 e. The van der Waals surface area contributed by atoms with Gasteiger partial charge in [0.15, 0.2) is 5.17 Å². The Labute approximate surface area is 163 Å². The Balaban J connectivity index is 1.77. The molecule has 0 aromatic heterocycles. The minimum atomic E-state index is -0.0587. The first kappa shape index (κ1) is 18.8. The fourth-order valence-electron chi connectivity index (χ4n) is 2.50. The third-order valence-electron chi connectivity index (χ3n) is 4.07. The Morgan fingerprint density at radius 1 is 1.19 bits per heavy atom. The molecule has 136 valence electrons. The van der Waals surface area contributed by atoms with Crippen LogP contribution in [0.15, 0.2) is 58.4 Å². The number of hydrogen-bond acceptors (Lipinski definition) is 4. The molecule has 1 fully saturated rings. The number of carbonyl (C=O) groups excluding carboxylic acids is 1. The summed E-state index contributed by atoms with van der Waals surface area (Å²) < 4.78 is 5.36. The summed E-state index contributed by atoms with van der Waals surface area (Å²) in [5.41, 5.74) is 3.02. The van der Waals surface area contributed by atoms with Crippen molar-refractivity contribution in [3.63, 3.8) is 0 Å². The predicted molar refractivity (Wildman–Crippen MR) is 112 cm³/mol. The van der Waals surface area contributed by atoms with E-state index in [1.807, 2.05) is 42.5 Å². The van der Waals surface area contributed by atoms with Crippen LogP contribution in [-0.2, 0) is 11.2 Å². The van der Waals surface area contributed by atoms with Gasteiger partial charge in [-0.1, -0.05) is 37.1 Å². The zero-order valence-electron chi connectivity index (χ0n) is 15.3. The first-order chi connectivity index (χ1) is 13.1. The van der Waals surface area contributed by atoms with Crippen molar-refractivity contribution in [1.29, 1.82) is 0 Å². The number of amidine groups is 1. The van der Waals surface area contributed by atoms with Gasteiger partial charge in [-0.05, 0) is 59.7 Å². The molecule has 2 aromatic rings. The fraction of sp³-hybridized carbons (Fsp3) is 0.182. The number of likely N-dealkylation sites (N-methyl/N-ethyl adjacent to an activating group) is 1. The van der Waals surface area contributed by atoms with Crippen molar-refractivity contribution in [2.45, 2.75) is 13.3 Å². The summed E-state index contributed by atoms with van der Waals surface area (Å²) in [7, 11) is 1.74. The number of aliphatic imine (C=N–C) groups is 1. The van der Waals surface area contributed by atoms with Crippen molar-refractivity contribution in [3.05, 3.63) is 64.6 Å². The molecule has 0 atom stereocenters. The molecule has 4 nitrogen and oxygen atoms in total. The summed E-state index contributed by atoms with van der Waals surface area (Å²) in [6.07, 6.45) is 8.03. The van der Waals surface area contributed by atoms with Gasteiger partial charge < -0.3 is 4.74 Å². The number of amides is 1. The van der Waals surface area contributed by atoms with E-state index >= 15 is 0 Å². The van der Waals surface area contributed by atoms with E-state index in [1.165, 1.54) is 17.3 Å². The van der Waals surface area contributed by atoms with Crippen LogP contribution in [0.4, 0.5) is 5.69 Å². The molecular weight excluding hydrogens is 356 g/mol. The van der Waals surface area contributed by atoms with Gasteiger partial charge in [0.05, 0.1) is 10.6 Å². The van der Waals surface area contributed by atoms with Gasteiger partial charge >= 0.3 is 0 Å². The first-order valence-corrected chi connectivity index (χ1v) is 9.44. The summed E-state index contributed by atoms with van der Waals surface area (Å²) in [5.74, 6) is 3.08. The van der Waals surface area contributed by atoms with E-state index in [4.69, 9.17) is 11.2 Å². The highest BCUT2D eigenvalue weighted by Gasteiger charge is 2.30. The van der Waals surface area contributed by atoms with E-state index in [2.05, 4.69) is 30.0 Å². The third-order valence-corrected chi connectivity index (χ3v) is 5.13. The molecule has 0 bridgehead atoms. The van der Waals surface area contributed by atoms with Crippen molar-refractivity contribution in [1.82, 2.24) is 4.90 Å². The van der Waals surface area contributed by atoms with E-state index in [-0.39, 0.29) is 12.5 Å². The summed E-state index contributed by atoms with van der Waals surface area (Å²) in [6, 6.07) is 15.5. The molecule has 1 amide bonds. The van der Waals surface area contributed by atoms with Gasteiger partial charge in [-0.3, -0.25) is 9.69 Å². The largest absolute Gasteiger partial charge is 0.481 e. The molecule has 1 aliphatic heterocycles. The second kappa shape index (κ2) is 8.61. The van der Waals surface area contributed by atoms with Crippen LogP contribution in [0.2, 0.25) is 0 Å². The van der Waals surface area contributed by atoms with Gasteiger partial charge in [-0.2, -0.15) is 0 Å². The van der Waals surface area contributed by atoms with E-state index < -0.39 is 0 Å². The normalized spacial score (nSPS) is 16.8. The number of benzene rings is 2. The Kier molecular flexibility index (Phi) is 6.00. The maximum atomic E-state index is 12.5. The van der Waals surface area contributed by atoms with Crippen molar-refractivity contribution in [2.75, 3.05) is 13.7 Å². The lowest BCUT2D eigenvalue weighted by molar-refractivity contribution is -0.121.